The Morgan fingerprint density at radius 2 is 1.81 bits per heavy atom. The van der Waals surface area contributed by atoms with Crippen LogP contribution in [0, 0.1) is 11.8 Å². The number of allylic oxidation sites excluding steroid dienone is 6. The van der Waals surface area contributed by atoms with Crippen molar-refractivity contribution in [2.75, 3.05) is 32.7 Å². The molecule has 2 aromatic heterocycles. The second kappa shape index (κ2) is 12.8. The maximum absolute atomic E-state index is 14.1. The van der Waals surface area contributed by atoms with E-state index in [2.05, 4.69) is 34.1 Å². The standard InChI is InChI=1S/C33H34F3N5O/c1-3-39-16-18-40(19-17-39)23-28-13-12-26(21-30(28)33(34,35)36)32(42)38-29-14-8-24(2)7-9-25(20-29)10-11-27-22-37-41-15-5-4-6-31(27)41/h4-7,9,12-13,15,20-22H,3,8,14,16-19,23H2,1-2H3,(H,38,42). The Labute approximate surface area is 244 Å². The molecule has 1 aromatic carbocycles. The van der Waals surface area contributed by atoms with Gasteiger partial charge in [-0.05, 0) is 68.3 Å². The average Bonchev–Trinajstić information content (AvgIpc) is 3.39. The van der Waals surface area contributed by atoms with E-state index in [1.807, 2.05) is 48.4 Å². The fraction of sp³-hybridized carbons (Fsp3) is 0.333. The number of piperazine rings is 1. The molecule has 2 aliphatic rings. The van der Waals surface area contributed by atoms with Crippen molar-refractivity contribution in [3.05, 3.63) is 106 Å². The van der Waals surface area contributed by atoms with E-state index in [1.165, 1.54) is 12.1 Å². The zero-order chi connectivity index (χ0) is 29.7. The maximum atomic E-state index is 14.1. The number of carbonyl (C=O) groups excluding carboxylic acids is 1. The first kappa shape index (κ1) is 29.4. The number of nitrogens with one attached hydrogen (secondary N) is 1. The molecule has 0 unspecified atom stereocenters. The number of nitrogens with zero attached hydrogens (tertiary/aromatic N) is 4. The third kappa shape index (κ3) is 7.19. The van der Waals surface area contributed by atoms with Crippen molar-refractivity contribution in [1.29, 1.82) is 0 Å². The molecule has 42 heavy (non-hydrogen) atoms. The van der Waals surface area contributed by atoms with Crippen LogP contribution in [0.4, 0.5) is 13.2 Å². The summed E-state index contributed by atoms with van der Waals surface area (Å²) in [7, 11) is 0. The summed E-state index contributed by atoms with van der Waals surface area (Å²) in [5, 5.41) is 7.16. The smallest absolute Gasteiger partial charge is 0.326 e. The van der Waals surface area contributed by atoms with E-state index >= 15 is 0 Å². The number of alkyl halides is 3. The second-order valence-corrected chi connectivity index (χ2v) is 10.7. The Kier molecular flexibility index (Phi) is 8.95. The summed E-state index contributed by atoms with van der Waals surface area (Å²) in [5.74, 6) is 5.74. The minimum absolute atomic E-state index is 0.0277. The molecule has 3 heterocycles. The lowest BCUT2D eigenvalue weighted by Crippen LogP contribution is -2.45. The second-order valence-electron chi connectivity index (χ2n) is 10.7. The molecule has 0 radical (unpaired) electrons. The van der Waals surface area contributed by atoms with Crippen LogP contribution in [-0.2, 0) is 12.7 Å². The SMILES string of the molecule is CCN1CCN(Cc2ccc(C(=O)NC3=CC(C#Cc4cnn5ccccc45)=CC=C(C)CC3)cc2C(F)(F)F)CC1. The normalized spacial score (nSPS) is 16.9. The van der Waals surface area contributed by atoms with E-state index in [-0.39, 0.29) is 17.7 Å². The maximum Gasteiger partial charge on any atom is 0.416 e. The molecule has 0 bridgehead atoms. The highest BCUT2D eigenvalue weighted by molar-refractivity contribution is 5.95. The summed E-state index contributed by atoms with van der Waals surface area (Å²) >= 11 is 0. The van der Waals surface area contributed by atoms with Gasteiger partial charge < -0.3 is 10.2 Å². The number of carbonyl (C=O) groups is 1. The van der Waals surface area contributed by atoms with Crippen molar-refractivity contribution in [2.45, 2.75) is 39.4 Å². The molecular formula is C33H34F3N5O. The Balaban J connectivity index is 1.35. The van der Waals surface area contributed by atoms with Crippen LogP contribution in [0.25, 0.3) is 5.52 Å². The zero-order valence-electron chi connectivity index (χ0n) is 23.8. The third-order valence-corrected chi connectivity index (χ3v) is 7.69. The summed E-state index contributed by atoms with van der Waals surface area (Å²) < 4.78 is 44.1. The molecule has 218 valence electrons. The number of aromatic nitrogens is 2. The van der Waals surface area contributed by atoms with E-state index < -0.39 is 17.6 Å². The van der Waals surface area contributed by atoms with Crippen LogP contribution in [0.5, 0.6) is 0 Å². The Morgan fingerprint density at radius 1 is 1.02 bits per heavy atom. The molecule has 0 atom stereocenters. The summed E-state index contributed by atoms with van der Waals surface area (Å²) in [6.45, 7) is 8.31. The minimum Gasteiger partial charge on any atom is -0.326 e. The van der Waals surface area contributed by atoms with Gasteiger partial charge in [-0.2, -0.15) is 18.3 Å². The molecule has 1 N–H and O–H groups in total. The number of fused-ring (bicyclic) bond motifs is 1. The highest BCUT2D eigenvalue weighted by Crippen LogP contribution is 2.33. The quantitative estimate of drug-likeness (QED) is 0.391. The van der Waals surface area contributed by atoms with E-state index in [4.69, 9.17) is 0 Å². The number of halogens is 3. The summed E-state index contributed by atoms with van der Waals surface area (Å²) in [4.78, 5) is 17.5. The number of likely N-dealkylation sites (N-methyl/N-ethyl adjacent to an activating group) is 1. The van der Waals surface area contributed by atoms with Gasteiger partial charge in [-0.3, -0.25) is 9.69 Å². The first-order valence-corrected chi connectivity index (χ1v) is 14.2. The van der Waals surface area contributed by atoms with E-state index in [0.29, 0.717) is 37.2 Å². The molecule has 3 aromatic rings. The van der Waals surface area contributed by atoms with Gasteiger partial charge in [-0.1, -0.05) is 42.5 Å². The van der Waals surface area contributed by atoms with Crippen molar-refractivity contribution < 1.29 is 18.0 Å². The molecule has 1 amide bonds. The largest absolute Gasteiger partial charge is 0.416 e. The van der Waals surface area contributed by atoms with Gasteiger partial charge in [0, 0.05) is 55.8 Å². The van der Waals surface area contributed by atoms with E-state index in [9.17, 15) is 18.0 Å². The number of hydrogen-bond acceptors (Lipinski definition) is 4. The lowest BCUT2D eigenvalue weighted by atomic mass is 10.0. The number of rotatable bonds is 5. The van der Waals surface area contributed by atoms with Crippen molar-refractivity contribution in [3.8, 4) is 11.8 Å². The summed E-state index contributed by atoms with van der Waals surface area (Å²) in [6, 6.07) is 9.64. The fourth-order valence-corrected chi connectivity index (χ4v) is 5.14. The summed E-state index contributed by atoms with van der Waals surface area (Å²) in [5.41, 5.74) is 3.42. The van der Waals surface area contributed by atoms with Gasteiger partial charge in [-0.25, -0.2) is 4.52 Å². The highest BCUT2D eigenvalue weighted by Gasteiger charge is 2.34. The Hall–Kier alpha value is -4.13. The van der Waals surface area contributed by atoms with Gasteiger partial charge >= 0.3 is 6.18 Å². The monoisotopic (exact) mass is 573 g/mol. The molecule has 1 aliphatic heterocycles. The van der Waals surface area contributed by atoms with Crippen molar-refractivity contribution in [1.82, 2.24) is 24.7 Å². The molecule has 6 nitrogen and oxygen atoms in total. The number of pyridine rings is 1. The number of hydrogen-bond donors (Lipinski definition) is 1. The van der Waals surface area contributed by atoms with Crippen molar-refractivity contribution in [3.63, 3.8) is 0 Å². The summed E-state index contributed by atoms with van der Waals surface area (Å²) in [6.07, 6.45) is 5.87. The van der Waals surface area contributed by atoms with Crippen LogP contribution >= 0.6 is 0 Å². The van der Waals surface area contributed by atoms with Gasteiger partial charge in [0.1, 0.15) is 0 Å². The van der Waals surface area contributed by atoms with Crippen LogP contribution in [0.15, 0.2) is 83.9 Å². The van der Waals surface area contributed by atoms with E-state index in [1.54, 1.807) is 16.8 Å². The van der Waals surface area contributed by atoms with Crippen LogP contribution < -0.4 is 5.32 Å². The molecule has 1 aliphatic carbocycles. The van der Waals surface area contributed by atoms with Gasteiger partial charge in [0.25, 0.3) is 5.91 Å². The van der Waals surface area contributed by atoms with Crippen LogP contribution in [0.1, 0.15) is 53.7 Å². The lowest BCUT2D eigenvalue weighted by molar-refractivity contribution is -0.138. The topological polar surface area (TPSA) is 52.9 Å². The molecule has 0 saturated carbocycles. The highest BCUT2D eigenvalue weighted by atomic mass is 19.4. The molecule has 1 fully saturated rings. The molecule has 5 rings (SSSR count). The molecule has 9 heteroatoms. The Morgan fingerprint density at radius 3 is 2.57 bits per heavy atom. The average molecular weight is 574 g/mol. The molecule has 1 saturated heterocycles. The number of amides is 1. The van der Waals surface area contributed by atoms with E-state index in [0.717, 1.165) is 42.4 Å². The van der Waals surface area contributed by atoms with Crippen molar-refractivity contribution in [2.24, 2.45) is 0 Å². The molecular weight excluding hydrogens is 539 g/mol. The number of benzene rings is 1. The van der Waals surface area contributed by atoms with Crippen LogP contribution in [0.2, 0.25) is 0 Å². The van der Waals surface area contributed by atoms with Gasteiger partial charge in [0.05, 0.1) is 22.8 Å². The van der Waals surface area contributed by atoms with Gasteiger partial charge in [0.15, 0.2) is 0 Å². The lowest BCUT2D eigenvalue weighted by Gasteiger charge is -2.34. The molecule has 0 spiro atoms. The first-order chi connectivity index (χ1) is 20.2. The predicted molar refractivity (Wildman–Crippen MR) is 158 cm³/mol. The fourth-order valence-electron chi connectivity index (χ4n) is 5.14. The third-order valence-electron chi connectivity index (χ3n) is 7.69. The minimum atomic E-state index is -4.57. The predicted octanol–water partition coefficient (Wildman–Crippen LogP) is 5.82. The van der Waals surface area contributed by atoms with Crippen LogP contribution in [-0.4, -0.2) is 58.0 Å². The first-order valence-electron chi connectivity index (χ1n) is 14.2. The van der Waals surface area contributed by atoms with Gasteiger partial charge in [-0.15, -0.1) is 0 Å². The Bertz CT molecular complexity index is 1610. The van der Waals surface area contributed by atoms with Crippen LogP contribution in [0.3, 0.4) is 0 Å². The zero-order valence-corrected chi connectivity index (χ0v) is 23.8. The van der Waals surface area contributed by atoms with Gasteiger partial charge in [0.2, 0.25) is 0 Å². The van der Waals surface area contributed by atoms with Crippen molar-refractivity contribution >= 4 is 11.4 Å².